The lowest BCUT2D eigenvalue weighted by Gasteiger charge is -2.25. The van der Waals surface area contributed by atoms with E-state index in [0.717, 1.165) is 6.07 Å². The third kappa shape index (κ3) is 10.6. The first-order chi connectivity index (χ1) is 19.3. The second-order valence-corrected chi connectivity index (χ2v) is 9.61. The molecule has 0 spiro atoms. The third-order valence-corrected chi connectivity index (χ3v) is 5.82. The number of hydrogen-bond donors (Lipinski definition) is 8. The Kier molecular flexibility index (Phi) is 11.7. The maximum atomic E-state index is 14.2. The Morgan fingerprint density at radius 1 is 0.927 bits per heavy atom. The van der Waals surface area contributed by atoms with Crippen molar-refractivity contribution in [2.45, 2.75) is 45.8 Å². The van der Waals surface area contributed by atoms with E-state index in [1.807, 2.05) is 0 Å². The number of nitrogen functional groups attached to an aromatic ring is 1. The summed E-state index contributed by atoms with van der Waals surface area (Å²) >= 11 is 0. The zero-order chi connectivity index (χ0) is 30.7. The van der Waals surface area contributed by atoms with Crippen LogP contribution in [0, 0.1) is 17.1 Å². The number of nitrogens with zero attached hydrogens (tertiary/aromatic N) is 1. The van der Waals surface area contributed by atoms with Crippen molar-refractivity contribution >= 4 is 41.1 Å². The van der Waals surface area contributed by atoms with Crippen molar-refractivity contribution in [3.63, 3.8) is 0 Å². The molecule has 2 unspecified atom stereocenters. The monoisotopic (exact) mass is 569 g/mol. The quantitative estimate of drug-likeness (QED) is 0.118. The number of benzene rings is 2. The topological polar surface area (TPSA) is 231 Å². The predicted octanol–water partition coefficient (Wildman–Crippen LogP) is -0.365. The minimum Gasteiger partial charge on any atom is -0.384 e. The van der Waals surface area contributed by atoms with Crippen molar-refractivity contribution in [3.05, 3.63) is 65.0 Å². The van der Waals surface area contributed by atoms with Gasteiger partial charge in [-0.2, -0.15) is 0 Å². The molecule has 2 rings (SSSR count). The molecule has 4 amide bonds. The van der Waals surface area contributed by atoms with E-state index in [9.17, 15) is 23.6 Å². The van der Waals surface area contributed by atoms with Crippen LogP contribution in [-0.4, -0.2) is 54.1 Å². The number of aliphatic imine (C=N–C) groups is 1. The van der Waals surface area contributed by atoms with Crippen LogP contribution in [0.1, 0.15) is 37.5 Å². The van der Waals surface area contributed by atoms with Crippen molar-refractivity contribution in [1.82, 2.24) is 21.3 Å². The van der Waals surface area contributed by atoms with Gasteiger partial charge in [-0.05, 0) is 41.3 Å². The first kappa shape index (κ1) is 32.2. The van der Waals surface area contributed by atoms with Gasteiger partial charge in [0.1, 0.15) is 23.7 Å². The largest absolute Gasteiger partial charge is 0.384 e. The summed E-state index contributed by atoms with van der Waals surface area (Å²) < 4.78 is 14.2. The maximum absolute atomic E-state index is 14.2. The summed E-state index contributed by atoms with van der Waals surface area (Å²) in [5, 5.41) is 17.7. The molecule has 0 saturated heterocycles. The average Bonchev–Trinajstić information content (AvgIpc) is 2.89. The summed E-state index contributed by atoms with van der Waals surface area (Å²) in [4.78, 5) is 53.8. The van der Waals surface area contributed by atoms with Crippen LogP contribution < -0.4 is 38.5 Å². The van der Waals surface area contributed by atoms with Gasteiger partial charge in [0, 0.05) is 19.9 Å². The van der Waals surface area contributed by atoms with Crippen LogP contribution in [0.4, 0.5) is 10.1 Å². The second kappa shape index (κ2) is 15.0. The zero-order valence-corrected chi connectivity index (χ0v) is 23.1. The molecule has 2 aromatic carbocycles. The van der Waals surface area contributed by atoms with Crippen molar-refractivity contribution in [1.29, 1.82) is 5.41 Å². The Balaban J connectivity index is 2.23. The molecule has 11 N–H and O–H groups in total. The number of amides is 4. The number of rotatable bonds is 13. The average molecular weight is 570 g/mol. The van der Waals surface area contributed by atoms with Gasteiger partial charge in [-0.15, -0.1) is 0 Å². The summed E-state index contributed by atoms with van der Waals surface area (Å²) in [6, 6.07) is 8.62. The molecule has 0 radical (unpaired) electrons. The Bertz CT molecular complexity index is 1310. The van der Waals surface area contributed by atoms with E-state index in [1.165, 1.54) is 19.1 Å². The van der Waals surface area contributed by atoms with Crippen LogP contribution in [-0.2, 0) is 32.1 Å². The molecular weight excluding hydrogens is 533 g/mol. The molecule has 13 nitrogen and oxygen atoms in total. The van der Waals surface area contributed by atoms with Gasteiger partial charge in [0.2, 0.25) is 23.6 Å². The number of nitrogens with two attached hydrogens (primary N) is 3. The molecule has 41 heavy (non-hydrogen) atoms. The lowest BCUT2D eigenvalue weighted by atomic mass is 10.0. The van der Waals surface area contributed by atoms with Crippen molar-refractivity contribution < 1.29 is 23.6 Å². The summed E-state index contributed by atoms with van der Waals surface area (Å²) in [7, 11) is 0. The van der Waals surface area contributed by atoms with Crippen LogP contribution in [0.5, 0.6) is 0 Å². The molecule has 0 bridgehead atoms. The van der Waals surface area contributed by atoms with Gasteiger partial charge in [-0.1, -0.05) is 32.0 Å². The molecule has 0 aliphatic carbocycles. The Morgan fingerprint density at radius 3 is 2.10 bits per heavy atom. The molecular formula is C27H36FN9O4. The van der Waals surface area contributed by atoms with Gasteiger partial charge in [-0.25, -0.2) is 9.38 Å². The number of guanidine groups is 1. The Labute approximate surface area is 237 Å². The van der Waals surface area contributed by atoms with Crippen LogP contribution in [0.3, 0.4) is 0 Å². The van der Waals surface area contributed by atoms with E-state index >= 15 is 0 Å². The number of hydrogen-bond acceptors (Lipinski definition) is 6. The van der Waals surface area contributed by atoms with E-state index in [0.29, 0.717) is 16.8 Å². The summed E-state index contributed by atoms with van der Waals surface area (Å²) in [6.07, 6.45) is 0.0714. The predicted molar refractivity (Wildman–Crippen MR) is 152 cm³/mol. The van der Waals surface area contributed by atoms with Gasteiger partial charge in [0.15, 0.2) is 5.96 Å². The second-order valence-electron chi connectivity index (χ2n) is 9.61. The first-order valence-corrected chi connectivity index (χ1v) is 12.7. The highest BCUT2D eigenvalue weighted by atomic mass is 19.1. The summed E-state index contributed by atoms with van der Waals surface area (Å²) in [5.74, 6) is -3.72. The van der Waals surface area contributed by atoms with Gasteiger partial charge in [-0.3, -0.25) is 24.6 Å². The van der Waals surface area contributed by atoms with Crippen LogP contribution >= 0.6 is 0 Å². The number of carbonyl (C=O) groups excluding carboxylic acids is 4. The number of amidine groups is 1. The van der Waals surface area contributed by atoms with E-state index in [1.54, 1.807) is 38.1 Å². The molecule has 0 aromatic heterocycles. The van der Waals surface area contributed by atoms with Gasteiger partial charge < -0.3 is 38.5 Å². The number of carbonyl (C=O) groups is 4. The maximum Gasteiger partial charge on any atom is 0.243 e. The fourth-order valence-electron chi connectivity index (χ4n) is 3.73. The van der Waals surface area contributed by atoms with Crippen LogP contribution in [0.15, 0.2) is 47.5 Å². The van der Waals surface area contributed by atoms with Crippen molar-refractivity contribution in [3.8, 4) is 0 Å². The molecule has 0 fully saturated rings. The first-order valence-electron chi connectivity index (χ1n) is 12.7. The molecule has 220 valence electrons. The standard InChI is InChI=1S/C27H36FN9O4/c1-14(2)23(37-22(39)13-33-15(3)38)26(41)36-21(11-16-4-7-18(8-5-16)35-27(31)32)25(40)34-12-17-6-9-19(24(29)30)20(28)10-17/h4-10,14,21,23H,11-13H2,1-3H3,(H3,29,30)(H,33,38)(H,34,40)(H,36,41)(H,37,39)(H4,31,32,35). The summed E-state index contributed by atoms with van der Waals surface area (Å²) in [5.41, 5.74) is 17.7. The Hall–Kier alpha value is -5.01. The molecule has 0 aliphatic rings. The van der Waals surface area contributed by atoms with Crippen molar-refractivity contribution in [2.75, 3.05) is 6.54 Å². The molecule has 14 heteroatoms. The molecule has 0 heterocycles. The highest BCUT2D eigenvalue weighted by Crippen LogP contribution is 2.15. The molecule has 2 aromatic rings. The number of halogens is 1. The Morgan fingerprint density at radius 2 is 1.56 bits per heavy atom. The van der Waals surface area contributed by atoms with Gasteiger partial charge >= 0.3 is 0 Å². The van der Waals surface area contributed by atoms with E-state index in [-0.39, 0.29) is 37.0 Å². The zero-order valence-electron chi connectivity index (χ0n) is 23.1. The smallest absolute Gasteiger partial charge is 0.243 e. The minimum atomic E-state index is -1.08. The normalized spacial score (nSPS) is 12.0. The van der Waals surface area contributed by atoms with Gasteiger partial charge in [0.05, 0.1) is 17.8 Å². The lowest BCUT2D eigenvalue weighted by Crippen LogP contribution is -2.56. The van der Waals surface area contributed by atoms with E-state index in [2.05, 4.69) is 26.3 Å². The van der Waals surface area contributed by atoms with Crippen molar-refractivity contribution in [2.24, 2.45) is 28.1 Å². The minimum absolute atomic E-state index is 0.0605. The fraction of sp³-hybridized carbons (Fsp3) is 0.333. The third-order valence-electron chi connectivity index (χ3n) is 5.82. The van der Waals surface area contributed by atoms with Crippen LogP contribution in [0.2, 0.25) is 0 Å². The molecule has 2 atom stereocenters. The summed E-state index contributed by atoms with van der Waals surface area (Å²) in [6.45, 7) is 4.33. The SMILES string of the molecule is CC(=O)NCC(=O)NC(C(=O)NC(Cc1ccc(N=C(N)N)cc1)C(=O)NCc1ccc(C(=N)N)c(F)c1)C(C)C. The van der Waals surface area contributed by atoms with E-state index < -0.39 is 47.4 Å². The van der Waals surface area contributed by atoms with Crippen LogP contribution in [0.25, 0.3) is 0 Å². The molecule has 0 aliphatic heterocycles. The fourth-order valence-corrected chi connectivity index (χ4v) is 3.73. The number of nitrogens with one attached hydrogen (secondary N) is 5. The highest BCUT2D eigenvalue weighted by Gasteiger charge is 2.29. The highest BCUT2D eigenvalue weighted by molar-refractivity contribution is 5.95. The molecule has 0 saturated carbocycles. The lowest BCUT2D eigenvalue weighted by molar-refractivity contribution is -0.133. The van der Waals surface area contributed by atoms with E-state index in [4.69, 9.17) is 22.6 Å². The van der Waals surface area contributed by atoms with Gasteiger partial charge in [0.25, 0.3) is 0 Å².